The molecule has 7 heteroatoms. The first-order valence-corrected chi connectivity index (χ1v) is 8.16. The number of hydrogen-bond acceptors (Lipinski definition) is 2. The minimum Gasteiger partial charge on any atom is -0.335 e. The fourth-order valence-electron chi connectivity index (χ4n) is 2.96. The van der Waals surface area contributed by atoms with Gasteiger partial charge in [0.05, 0.1) is 5.56 Å². The Bertz CT molecular complexity index is 554. The summed E-state index contributed by atoms with van der Waals surface area (Å²) < 4.78 is 39.0. The van der Waals surface area contributed by atoms with Crippen LogP contribution in [0.15, 0.2) is 24.3 Å². The van der Waals surface area contributed by atoms with E-state index >= 15 is 0 Å². The summed E-state index contributed by atoms with van der Waals surface area (Å²) in [4.78, 5) is 14.2. The molecule has 1 fully saturated rings. The van der Waals surface area contributed by atoms with Crippen LogP contribution in [0.1, 0.15) is 30.9 Å². The van der Waals surface area contributed by atoms with Crippen molar-refractivity contribution in [3.05, 3.63) is 35.4 Å². The fourth-order valence-corrected chi connectivity index (χ4v) is 2.96. The molecule has 1 saturated heterocycles. The van der Waals surface area contributed by atoms with E-state index in [0.29, 0.717) is 0 Å². The van der Waals surface area contributed by atoms with Crippen molar-refractivity contribution >= 4 is 6.03 Å². The van der Waals surface area contributed by atoms with Crippen LogP contribution in [0.5, 0.6) is 0 Å². The maximum absolute atomic E-state index is 13.0. The number of hydrogen-bond donors (Lipinski definition) is 2. The highest BCUT2D eigenvalue weighted by molar-refractivity contribution is 5.74. The highest BCUT2D eigenvalue weighted by Gasteiger charge is 2.33. The van der Waals surface area contributed by atoms with Crippen molar-refractivity contribution in [2.75, 3.05) is 20.1 Å². The quantitative estimate of drug-likeness (QED) is 0.883. The van der Waals surface area contributed by atoms with Gasteiger partial charge in [0.25, 0.3) is 0 Å². The molecule has 1 heterocycles. The van der Waals surface area contributed by atoms with Crippen LogP contribution in [-0.4, -0.2) is 43.2 Å². The molecule has 0 aliphatic carbocycles. The van der Waals surface area contributed by atoms with Gasteiger partial charge in [-0.2, -0.15) is 13.2 Å². The number of urea groups is 1. The largest absolute Gasteiger partial charge is 0.416 e. The molecular weight excluding hydrogens is 319 g/mol. The lowest BCUT2D eigenvalue weighted by molar-refractivity contribution is -0.138. The summed E-state index contributed by atoms with van der Waals surface area (Å²) in [5.74, 6) is 0. The Balaban J connectivity index is 1.87. The highest BCUT2D eigenvalue weighted by Crippen LogP contribution is 2.32. The molecule has 0 spiro atoms. The number of nitrogens with one attached hydrogen (secondary N) is 2. The van der Waals surface area contributed by atoms with Crippen molar-refractivity contribution in [1.82, 2.24) is 15.5 Å². The molecule has 2 rings (SSSR count). The SMILES string of the molecule is C[C@@H](Cc1ccccc1C(F)(F)F)NC(=O)NC1CCN(C)CC1. The average Bonchev–Trinajstić information content (AvgIpc) is 2.49. The van der Waals surface area contributed by atoms with E-state index in [1.807, 2.05) is 7.05 Å². The zero-order valence-electron chi connectivity index (χ0n) is 14.0. The maximum Gasteiger partial charge on any atom is 0.416 e. The van der Waals surface area contributed by atoms with Crippen LogP contribution in [0.4, 0.5) is 18.0 Å². The number of carbonyl (C=O) groups excluding carboxylic acids is 1. The van der Waals surface area contributed by atoms with Crippen LogP contribution in [-0.2, 0) is 12.6 Å². The van der Waals surface area contributed by atoms with Crippen LogP contribution in [0.25, 0.3) is 0 Å². The lowest BCUT2D eigenvalue weighted by Crippen LogP contribution is -2.49. The molecular formula is C17H24F3N3O. The van der Waals surface area contributed by atoms with Crippen LogP contribution >= 0.6 is 0 Å². The lowest BCUT2D eigenvalue weighted by atomic mass is 10.0. The van der Waals surface area contributed by atoms with Gasteiger partial charge < -0.3 is 15.5 Å². The molecule has 1 aromatic rings. The van der Waals surface area contributed by atoms with E-state index in [9.17, 15) is 18.0 Å². The van der Waals surface area contributed by atoms with Crippen molar-refractivity contribution < 1.29 is 18.0 Å². The second kappa shape index (κ2) is 7.88. The number of amides is 2. The molecule has 1 aliphatic rings. The van der Waals surface area contributed by atoms with E-state index in [4.69, 9.17) is 0 Å². The minimum atomic E-state index is -4.38. The van der Waals surface area contributed by atoms with E-state index in [1.54, 1.807) is 13.0 Å². The van der Waals surface area contributed by atoms with Crippen LogP contribution in [0.2, 0.25) is 0 Å². The molecule has 4 nitrogen and oxygen atoms in total. The summed E-state index contributed by atoms with van der Waals surface area (Å²) in [6.07, 6.45) is -2.48. The predicted octanol–water partition coefficient (Wildman–Crippen LogP) is 3.03. The normalized spacial score (nSPS) is 18.2. The third kappa shape index (κ3) is 5.40. The second-order valence-corrected chi connectivity index (χ2v) is 6.46. The average molecular weight is 343 g/mol. The Hall–Kier alpha value is -1.76. The molecule has 1 aliphatic heterocycles. The van der Waals surface area contributed by atoms with E-state index < -0.39 is 11.7 Å². The van der Waals surface area contributed by atoms with Gasteiger partial charge in [0.1, 0.15) is 0 Å². The molecule has 2 amide bonds. The molecule has 134 valence electrons. The van der Waals surface area contributed by atoms with E-state index in [-0.39, 0.29) is 30.1 Å². The third-order valence-corrected chi connectivity index (χ3v) is 4.28. The Morgan fingerprint density at radius 1 is 1.29 bits per heavy atom. The number of nitrogens with zero attached hydrogens (tertiary/aromatic N) is 1. The van der Waals surface area contributed by atoms with Gasteiger partial charge in [0, 0.05) is 12.1 Å². The molecule has 0 aromatic heterocycles. The van der Waals surface area contributed by atoms with Crippen LogP contribution in [0, 0.1) is 0 Å². The molecule has 0 saturated carbocycles. The number of alkyl halides is 3. The van der Waals surface area contributed by atoms with Gasteiger partial charge in [-0.25, -0.2) is 4.79 Å². The van der Waals surface area contributed by atoms with Gasteiger partial charge in [-0.15, -0.1) is 0 Å². The third-order valence-electron chi connectivity index (χ3n) is 4.28. The van der Waals surface area contributed by atoms with E-state index in [2.05, 4.69) is 15.5 Å². The van der Waals surface area contributed by atoms with Crippen LogP contribution in [0.3, 0.4) is 0 Å². The highest BCUT2D eigenvalue weighted by atomic mass is 19.4. The maximum atomic E-state index is 13.0. The molecule has 2 N–H and O–H groups in total. The first-order chi connectivity index (χ1) is 11.3. The number of carbonyl (C=O) groups is 1. The molecule has 0 radical (unpaired) electrons. The standard InChI is InChI=1S/C17H24F3N3O/c1-12(11-13-5-3-4-6-15(13)17(18,19)20)21-16(24)22-14-7-9-23(2)10-8-14/h3-6,12,14H,7-11H2,1-2H3,(H2,21,22,24)/t12-/m0/s1. The molecule has 1 aromatic carbocycles. The van der Waals surface area contributed by atoms with Crippen molar-refractivity contribution in [2.24, 2.45) is 0 Å². The molecule has 0 bridgehead atoms. The Labute approximate surface area is 140 Å². The summed E-state index contributed by atoms with van der Waals surface area (Å²) in [7, 11) is 2.04. The summed E-state index contributed by atoms with van der Waals surface area (Å²) in [6.45, 7) is 3.57. The Morgan fingerprint density at radius 3 is 2.54 bits per heavy atom. The van der Waals surface area contributed by atoms with Gasteiger partial charge in [-0.05, 0) is 58.0 Å². The molecule has 24 heavy (non-hydrogen) atoms. The minimum absolute atomic E-state index is 0.121. The number of rotatable bonds is 4. The zero-order valence-corrected chi connectivity index (χ0v) is 14.0. The topological polar surface area (TPSA) is 44.4 Å². The number of benzene rings is 1. The predicted molar refractivity (Wildman–Crippen MR) is 86.8 cm³/mol. The van der Waals surface area contributed by atoms with Gasteiger partial charge >= 0.3 is 12.2 Å². The van der Waals surface area contributed by atoms with Crippen molar-refractivity contribution in [3.63, 3.8) is 0 Å². The van der Waals surface area contributed by atoms with Crippen molar-refractivity contribution in [3.8, 4) is 0 Å². The monoisotopic (exact) mass is 343 g/mol. The Morgan fingerprint density at radius 2 is 1.92 bits per heavy atom. The summed E-state index contributed by atoms with van der Waals surface area (Å²) >= 11 is 0. The smallest absolute Gasteiger partial charge is 0.335 e. The summed E-state index contributed by atoms with van der Waals surface area (Å²) in [5, 5.41) is 5.64. The fraction of sp³-hybridized carbons (Fsp3) is 0.588. The Kier molecular flexibility index (Phi) is 6.10. The number of halogens is 3. The van der Waals surface area contributed by atoms with Crippen LogP contribution < -0.4 is 10.6 Å². The lowest BCUT2D eigenvalue weighted by Gasteiger charge is -2.30. The van der Waals surface area contributed by atoms with Gasteiger partial charge in [0.2, 0.25) is 0 Å². The van der Waals surface area contributed by atoms with Crippen molar-refractivity contribution in [2.45, 2.75) is 44.4 Å². The number of likely N-dealkylation sites (tertiary alicyclic amines) is 1. The summed E-state index contributed by atoms with van der Waals surface area (Å²) in [5.41, 5.74) is -0.452. The molecule has 0 unspecified atom stereocenters. The molecule has 1 atom stereocenters. The number of piperidine rings is 1. The van der Waals surface area contributed by atoms with E-state index in [1.165, 1.54) is 12.1 Å². The summed E-state index contributed by atoms with van der Waals surface area (Å²) in [6, 6.07) is 4.89. The zero-order chi connectivity index (χ0) is 17.7. The first kappa shape index (κ1) is 18.6. The second-order valence-electron chi connectivity index (χ2n) is 6.46. The first-order valence-electron chi connectivity index (χ1n) is 8.16. The van der Waals surface area contributed by atoms with Gasteiger partial charge in [-0.1, -0.05) is 18.2 Å². The van der Waals surface area contributed by atoms with Gasteiger partial charge in [0.15, 0.2) is 0 Å². The van der Waals surface area contributed by atoms with Gasteiger partial charge in [-0.3, -0.25) is 0 Å². The van der Waals surface area contributed by atoms with Crippen molar-refractivity contribution in [1.29, 1.82) is 0 Å². The van der Waals surface area contributed by atoms with E-state index in [0.717, 1.165) is 32.0 Å².